The summed E-state index contributed by atoms with van der Waals surface area (Å²) < 4.78 is 5.32. The fraction of sp³-hybridized carbons (Fsp3) is 0.0526. The first-order valence-electron chi connectivity index (χ1n) is 7.38. The van der Waals surface area contributed by atoms with Crippen molar-refractivity contribution in [1.82, 2.24) is 4.98 Å². The van der Waals surface area contributed by atoms with Crippen LogP contribution in [-0.2, 0) is 0 Å². The maximum atomic E-state index is 9.58. The third-order valence-corrected chi connectivity index (χ3v) is 5.16. The van der Waals surface area contributed by atoms with Crippen molar-refractivity contribution in [1.29, 1.82) is 5.26 Å². The summed E-state index contributed by atoms with van der Waals surface area (Å²) in [6.45, 7) is 0. The second-order valence-corrected chi connectivity index (χ2v) is 7.36. The first-order chi connectivity index (χ1) is 12.5. The third kappa shape index (κ3) is 4.03. The van der Waals surface area contributed by atoms with Gasteiger partial charge in [-0.25, -0.2) is 4.98 Å². The van der Waals surface area contributed by atoms with Crippen LogP contribution in [0.1, 0.15) is 10.6 Å². The van der Waals surface area contributed by atoms with Gasteiger partial charge < -0.3 is 4.74 Å². The van der Waals surface area contributed by atoms with E-state index in [-0.39, 0.29) is 0 Å². The zero-order valence-electron chi connectivity index (χ0n) is 13.5. The molecule has 0 radical (unpaired) electrons. The molecule has 0 N–H and O–H groups in total. The van der Waals surface area contributed by atoms with Gasteiger partial charge in [-0.3, -0.25) is 0 Å². The van der Waals surface area contributed by atoms with Crippen LogP contribution < -0.4 is 4.74 Å². The molecule has 3 aromatic rings. The minimum Gasteiger partial charge on any atom is -0.495 e. The lowest BCUT2D eigenvalue weighted by Crippen LogP contribution is -1.90. The Hall–Kier alpha value is -2.03. The normalized spacial score (nSPS) is 11.3. The minimum absolute atomic E-state index is 0.379. The summed E-state index contributed by atoms with van der Waals surface area (Å²) >= 11 is 19.5. The molecule has 7 heteroatoms. The molecule has 0 amide bonds. The largest absolute Gasteiger partial charge is 0.495 e. The van der Waals surface area contributed by atoms with Crippen molar-refractivity contribution in [2.75, 3.05) is 7.11 Å². The van der Waals surface area contributed by atoms with Gasteiger partial charge in [0.25, 0.3) is 0 Å². The van der Waals surface area contributed by atoms with Crippen molar-refractivity contribution in [3.05, 3.63) is 67.4 Å². The quantitative estimate of drug-likeness (QED) is 0.433. The van der Waals surface area contributed by atoms with Crippen LogP contribution in [0, 0.1) is 11.3 Å². The van der Waals surface area contributed by atoms with E-state index in [2.05, 4.69) is 11.1 Å². The molecule has 1 aromatic heterocycles. The Bertz CT molecular complexity index is 1020. The second kappa shape index (κ2) is 8.11. The van der Waals surface area contributed by atoms with Gasteiger partial charge in [0.15, 0.2) is 0 Å². The lowest BCUT2D eigenvalue weighted by Gasteiger charge is -2.08. The Kier molecular flexibility index (Phi) is 5.85. The van der Waals surface area contributed by atoms with Crippen LogP contribution in [0.3, 0.4) is 0 Å². The molecule has 2 aromatic carbocycles. The van der Waals surface area contributed by atoms with Gasteiger partial charge in [-0.1, -0.05) is 46.9 Å². The monoisotopic (exact) mass is 420 g/mol. The van der Waals surface area contributed by atoms with E-state index in [0.29, 0.717) is 37.0 Å². The zero-order valence-corrected chi connectivity index (χ0v) is 16.5. The first kappa shape index (κ1) is 18.8. The summed E-state index contributed by atoms with van der Waals surface area (Å²) in [4.78, 5) is 4.56. The minimum atomic E-state index is 0.379. The summed E-state index contributed by atoms with van der Waals surface area (Å²) in [6.07, 6.45) is 1.67. The molecule has 0 spiro atoms. The van der Waals surface area contributed by atoms with Crippen LogP contribution in [0.25, 0.3) is 22.9 Å². The Morgan fingerprint density at radius 3 is 2.54 bits per heavy atom. The Morgan fingerprint density at radius 1 is 1.15 bits per heavy atom. The van der Waals surface area contributed by atoms with Crippen molar-refractivity contribution in [3.63, 3.8) is 0 Å². The zero-order chi connectivity index (χ0) is 18.7. The molecule has 0 atom stereocenters. The van der Waals surface area contributed by atoms with E-state index in [1.165, 1.54) is 18.4 Å². The van der Waals surface area contributed by atoms with Crippen molar-refractivity contribution < 1.29 is 4.74 Å². The molecule has 26 heavy (non-hydrogen) atoms. The maximum Gasteiger partial charge on any atom is 0.144 e. The molecule has 0 fully saturated rings. The number of thiazole rings is 1. The predicted molar refractivity (Wildman–Crippen MR) is 109 cm³/mol. The summed E-state index contributed by atoms with van der Waals surface area (Å²) in [5.74, 6) is 0.457. The maximum absolute atomic E-state index is 9.58. The SMILES string of the molecule is COc1c(Cl)cc(Cl)cc1/C=C(\C#N)c1nc(-c2ccc(Cl)cc2)cs1. The molecule has 0 unspecified atom stereocenters. The van der Waals surface area contributed by atoms with Gasteiger partial charge in [-0.2, -0.15) is 5.26 Å². The van der Waals surface area contributed by atoms with Crippen LogP contribution in [0.4, 0.5) is 0 Å². The molecule has 0 aliphatic heterocycles. The fourth-order valence-corrected chi connectivity index (χ4v) is 3.86. The van der Waals surface area contributed by atoms with E-state index >= 15 is 0 Å². The lowest BCUT2D eigenvalue weighted by molar-refractivity contribution is 0.414. The second-order valence-electron chi connectivity index (χ2n) is 5.22. The van der Waals surface area contributed by atoms with Gasteiger partial charge in [0, 0.05) is 26.6 Å². The highest BCUT2D eigenvalue weighted by Gasteiger charge is 2.13. The molecule has 3 rings (SSSR count). The van der Waals surface area contributed by atoms with Gasteiger partial charge in [0.1, 0.15) is 16.8 Å². The standard InChI is InChI=1S/C19H11Cl3N2OS/c1-25-18-12(7-15(21)8-16(18)22)6-13(9-23)19-24-17(10-26-19)11-2-4-14(20)5-3-11/h2-8,10H,1H3/b13-6+. The Labute approximate surface area is 170 Å². The molecule has 130 valence electrons. The number of aromatic nitrogens is 1. The smallest absolute Gasteiger partial charge is 0.144 e. The van der Waals surface area contributed by atoms with E-state index in [0.717, 1.165) is 11.3 Å². The Balaban J connectivity index is 2.02. The molecule has 3 nitrogen and oxygen atoms in total. The van der Waals surface area contributed by atoms with Gasteiger partial charge in [0.2, 0.25) is 0 Å². The van der Waals surface area contributed by atoms with Crippen molar-refractivity contribution in [2.24, 2.45) is 0 Å². The molecule has 0 saturated carbocycles. The van der Waals surface area contributed by atoms with Gasteiger partial charge >= 0.3 is 0 Å². The molecular weight excluding hydrogens is 411 g/mol. The highest BCUT2D eigenvalue weighted by molar-refractivity contribution is 7.11. The highest BCUT2D eigenvalue weighted by Crippen LogP contribution is 2.35. The average Bonchev–Trinajstić information content (AvgIpc) is 3.09. The number of methoxy groups -OCH3 is 1. The molecule has 1 heterocycles. The fourth-order valence-electron chi connectivity index (χ4n) is 2.35. The number of nitriles is 1. The Morgan fingerprint density at radius 2 is 1.88 bits per heavy atom. The number of benzene rings is 2. The van der Waals surface area contributed by atoms with Crippen LogP contribution in [-0.4, -0.2) is 12.1 Å². The van der Waals surface area contributed by atoms with Crippen LogP contribution in [0.5, 0.6) is 5.75 Å². The number of allylic oxidation sites excluding steroid dienone is 1. The van der Waals surface area contributed by atoms with Gasteiger partial charge in [-0.05, 0) is 30.3 Å². The number of ether oxygens (including phenoxy) is 1. The van der Waals surface area contributed by atoms with E-state index in [1.54, 1.807) is 30.3 Å². The number of hydrogen-bond acceptors (Lipinski definition) is 4. The first-order valence-corrected chi connectivity index (χ1v) is 9.40. The molecule has 0 aliphatic rings. The molecule has 0 aliphatic carbocycles. The summed E-state index contributed by atoms with van der Waals surface area (Å²) in [5.41, 5.74) is 2.72. The van der Waals surface area contributed by atoms with Crippen molar-refractivity contribution in [3.8, 4) is 23.1 Å². The summed E-state index contributed by atoms with van der Waals surface area (Å²) in [5, 5.41) is 13.6. The highest BCUT2D eigenvalue weighted by atomic mass is 35.5. The van der Waals surface area contributed by atoms with Crippen LogP contribution in [0.15, 0.2) is 41.8 Å². The summed E-state index contributed by atoms with van der Waals surface area (Å²) in [6, 6.07) is 12.8. The van der Waals surface area contributed by atoms with Crippen molar-refractivity contribution in [2.45, 2.75) is 0 Å². The van der Waals surface area contributed by atoms with Crippen LogP contribution in [0.2, 0.25) is 15.1 Å². The molecule has 0 saturated heterocycles. The van der Waals surface area contributed by atoms with E-state index < -0.39 is 0 Å². The lowest BCUT2D eigenvalue weighted by atomic mass is 10.1. The average molecular weight is 422 g/mol. The topological polar surface area (TPSA) is 45.9 Å². The van der Waals surface area contributed by atoms with Crippen molar-refractivity contribution >= 4 is 57.8 Å². The number of halogens is 3. The van der Waals surface area contributed by atoms with Gasteiger partial charge in [0.05, 0.1) is 23.4 Å². The summed E-state index contributed by atoms with van der Waals surface area (Å²) in [7, 11) is 1.51. The predicted octanol–water partition coefficient (Wildman–Crippen LogP) is 6.84. The van der Waals surface area contributed by atoms with E-state index in [4.69, 9.17) is 39.5 Å². The molecular formula is C19H11Cl3N2OS. The number of nitrogens with zero attached hydrogens (tertiary/aromatic N) is 2. The van der Waals surface area contributed by atoms with Crippen LogP contribution >= 0.6 is 46.1 Å². The number of rotatable bonds is 4. The van der Waals surface area contributed by atoms with E-state index in [1.807, 2.05) is 17.5 Å². The van der Waals surface area contributed by atoms with E-state index in [9.17, 15) is 5.26 Å². The number of hydrogen-bond donors (Lipinski definition) is 0. The van der Waals surface area contributed by atoms with Gasteiger partial charge in [-0.15, -0.1) is 11.3 Å². The molecule has 0 bridgehead atoms. The third-order valence-electron chi connectivity index (χ3n) is 3.54.